The Bertz CT molecular complexity index is 802. The second kappa shape index (κ2) is 12.3. The van der Waals surface area contributed by atoms with Crippen molar-refractivity contribution in [3.63, 3.8) is 0 Å². The zero-order valence-electron chi connectivity index (χ0n) is 17.1. The molecular weight excluding hydrogens is 366 g/mol. The number of amides is 2. The zero-order chi connectivity index (χ0) is 20.9. The molecule has 0 bridgehead atoms. The van der Waals surface area contributed by atoms with E-state index in [-0.39, 0.29) is 24.7 Å². The highest BCUT2D eigenvalue weighted by Crippen LogP contribution is 2.16. The third-order valence-electron chi connectivity index (χ3n) is 4.22. The first-order chi connectivity index (χ1) is 14.1. The molecule has 0 saturated carbocycles. The Labute approximate surface area is 172 Å². The number of rotatable bonds is 11. The predicted octanol–water partition coefficient (Wildman–Crippen LogP) is 4.51. The number of nitrogens with one attached hydrogen (secondary N) is 2. The Morgan fingerprint density at radius 1 is 0.897 bits per heavy atom. The Kier molecular flexibility index (Phi) is 9.42. The van der Waals surface area contributed by atoms with Crippen LogP contribution in [0.1, 0.15) is 51.5 Å². The Hall–Kier alpha value is -3.15. The molecule has 0 heterocycles. The molecule has 0 atom stereocenters. The molecule has 2 aromatic carbocycles. The number of carbonyl (C=O) groups is 2. The minimum Gasteiger partial charge on any atom is -0.494 e. The van der Waals surface area contributed by atoms with Gasteiger partial charge in [0.2, 0.25) is 11.8 Å². The summed E-state index contributed by atoms with van der Waals surface area (Å²) in [4.78, 5) is 24.2. The van der Waals surface area contributed by atoms with Crippen molar-refractivity contribution in [2.24, 2.45) is 5.10 Å². The number of carbonyl (C=O) groups excluding carboxylic acids is 2. The Balaban J connectivity index is 1.82. The number of hydrogen-bond donors (Lipinski definition) is 2. The lowest BCUT2D eigenvalue weighted by atomic mass is 10.1. The fourth-order valence-electron chi connectivity index (χ4n) is 2.68. The molecule has 0 spiro atoms. The highest BCUT2D eigenvalue weighted by atomic mass is 16.5. The third-order valence-corrected chi connectivity index (χ3v) is 4.22. The van der Waals surface area contributed by atoms with Gasteiger partial charge in [-0.1, -0.05) is 43.7 Å². The van der Waals surface area contributed by atoms with Crippen molar-refractivity contribution in [2.45, 2.75) is 46.0 Å². The van der Waals surface area contributed by atoms with Crippen LogP contribution in [0.15, 0.2) is 59.7 Å². The maximum atomic E-state index is 12.1. The molecule has 0 aliphatic rings. The van der Waals surface area contributed by atoms with Crippen LogP contribution in [0.2, 0.25) is 0 Å². The summed E-state index contributed by atoms with van der Waals surface area (Å²) in [6.07, 6.45) is 2.99. The smallest absolute Gasteiger partial charge is 0.240 e. The predicted molar refractivity (Wildman–Crippen MR) is 116 cm³/mol. The fraction of sp³-hybridized carbons (Fsp3) is 0.348. The lowest BCUT2D eigenvalue weighted by Gasteiger charge is -2.08. The summed E-state index contributed by atoms with van der Waals surface area (Å²) in [5.74, 6) is 0.249. The normalized spacial score (nSPS) is 11.0. The van der Waals surface area contributed by atoms with E-state index in [1.54, 1.807) is 24.3 Å². The van der Waals surface area contributed by atoms with Crippen LogP contribution in [0.4, 0.5) is 5.69 Å². The van der Waals surface area contributed by atoms with Gasteiger partial charge in [0.1, 0.15) is 5.75 Å². The van der Waals surface area contributed by atoms with Crippen LogP contribution in [0.3, 0.4) is 0 Å². The first kappa shape index (κ1) is 22.1. The minimum absolute atomic E-state index is 0.0716. The molecule has 0 aliphatic carbocycles. The van der Waals surface area contributed by atoms with Crippen molar-refractivity contribution >= 4 is 23.2 Å². The first-order valence-electron chi connectivity index (χ1n) is 10.1. The van der Waals surface area contributed by atoms with Gasteiger partial charge in [-0.3, -0.25) is 9.59 Å². The van der Waals surface area contributed by atoms with Gasteiger partial charge in [-0.05, 0) is 49.6 Å². The van der Waals surface area contributed by atoms with Gasteiger partial charge in [-0.2, -0.15) is 5.10 Å². The maximum absolute atomic E-state index is 12.1. The van der Waals surface area contributed by atoms with Crippen molar-refractivity contribution in [3.05, 3.63) is 60.2 Å². The standard InChI is InChI=1S/C23H29N3O3/c1-3-5-11-21(18-9-7-6-8-10-18)25-26-23(28)17-16-22(27)24-19-12-14-20(15-13-19)29-4-2/h6-10,12-15H,3-5,11,16-17H2,1-2H3,(H,24,27)(H,26,28)/b25-21+. The number of hydrazone groups is 1. The van der Waals surface area contributed by atoms with Crippen LogP contribution >= 0.6 is 0 Å². The molecule has 2 rings (SSSR count). The van der Waals surface area contributed by atoms with E-state index in [9.17, 15) is 9.59 Å². The van der Waals surface area contributed by atoms with Gasteiger partial charge < -0.3 is 10.1 Å². The molecule has 0 unspecified atom stereocenters. The topological polar surface area (TPSA) is 79.8 Å². The number of benzene rings is 2. The molecule has 2 N–H and O–H groups in total. The van der Waals surface area contributed by atoms with Crippen molar-refractivity contribution < 1.29 is 14.3 Å². The number of ether oxygens (including phenoxy) is 1. The van der Waals surface area contributed by atoms with Crippen molar-refractivity contribution in [2.75, 3.05) is 11.9 Å². The molecule has 154 valence electrons. The number of unbranched alkanes of at least 4 members (excludes halogenated alkanes) is 1. The van der Waals surface area contributed by atoms with Gasteiger partial charge in [0.25, 0.3) is 0 Å². The summed E-state index contributed by atoms with van der Waals surface area (Å²) >= 11 is 0. The van der Waals surface area contributed by atoms with Gasteiger partial charge >= 0.3 is 0 Å². The average Bonchev–Trinajstić information content (AvgIpc) is 2.74. The summed E-state index contributed by atoms with van der Waals surface area (Å²) < 4.78 is 5.37. The van der Waals surface area contributed by atoms with Crippen molar-refractivity contribution in [3.8, 4) is 5.75 Å². The SMILES string of the molecule is CCCC/C(=N\NC(=O)CCC(=O)Nc1ccc(OCC)cc1)c1ccccc1. The van der Waals surface area contributed by atoms with E-state index in [0.29, 0.717) is 12.3 Å². The Morgan fingerprint density at radius 3 is 2.24 bits per heavy atom. The molecule has 6 nitrogen and oxygen atoms in total. The van der Waals surface area contributed by atoms with Gasteiger partial charge in [-0.15, -0.1) is 0 Å². The molecular formula is C23H29N3O3. The van der Waals surface area contributed by atoms with Crippen LogP contribution in [-0.4, -0.2) is 24.1 Å². The molecule has 0 fully saturated rings. The summed E-state index contributed by atoms with van der Waals surface area (Å²) in [6.45, 7) is 4.62. The zero-order valence-corrected chi connectivity index (χ0v) is 17.1. The quantitative estimate of drug-likeness (QED) is 0.434. The van der Waals surface area contributed by atoms with Crippen LogP contribution in [0.5, 0.6) is 5.75 Å². The lowest BCUT2D eigenvalue weighted by molar-refractivity contribution is -0.124. The molecule has 0 radical (unpaired) electrons. The highest BCUT2D eigenvalue weighted by Gasteiger charge is 2.09. The molecule has 29 heavy (non-hydrogen) atoms. The summed E-state index contributed by atoms with van der Waals surface area (Å²) in [7, 11) is 0. The summed E-state index contributed by atoms with van der Waals surface area (Å²) in [5, 5.41) is 7.07. The Morgan fingerprint density at radius 2 is 1.59 bits per heavy atom. The maximum Gasteiger partial charge on any atom is 0.240 e. The molecule has 2 amide bonds. The summed E-state index contributed by atoms with van der Waals surface area (Å²) in [5.41, 5.74) is 5.09. The second-order valence-corrected chi connectivity index (χ2v) is 6.57. The van der Waals surface area contributed by atoms with E-state index in [1.165, 1.54) is 0 Å². The molecule has 0 aromatic heterocycles. The van der Waals surface area contributed by atoms with Crippen LogP contribution in [0, 0.1) is 0 Å². The van der Waals surface area contributed by atoms with E-state index >= 15 is 0 Å². The van der Waals surface area contributed by atoms with E-state index in [0.717, 1.165) is 36.3 Å². The van der Waals surface area contributed by atoms with Gasteiger partial charge in [0, 0.05) is 18.5 Å². The van der Waals surface area contributed by atoms with E-state index in [1.807, 2.05) is 37.3 Å². The molecule has 0 saturated heterocycles. The van der Waals surface area contributed by atoms with Crippen LogP contribution in [-0.2, 0) is 9.59 Å². The molecule has 2 aromatic rings. The van der Waals surface area contributed by atoms with E-state index in [4.69, 9.17) is 4.74 Å². The van der Waals surface area contributed by atoms with E-state index in [2.05, 4.69) is 22.8 Å². The lowest BCUT2D eigenvalue weighted by Crippen LogP contribution is -2.22. The van der Waals surface area contributed by atoms with Crippen LogP contribution in [0.25, 0.3) is 0 Å². The largest absolute Gasteiger partial charge is 0.494 e. The molecule has 0 aliphatic heterocycles. The van der Waals surface area contributed by atoms with Gasteiger partial charge in [0.05, 0.1) is 12.3 Å². The van der Waals surface area contributed by atoms with Gasteiger partial charge in [0.15, 0.2) is 0 Å². The monoisotopic (exact) mass is 395 g/mol. The highest BCUT2D eigenvalue weighted by molar-refractivity contribution is 6.01. The number of nitrogens with zero attached hydrogens (tertiary/aromatic N) is 1. The minimum atomic E-state index is -0.281. The first-order valence-corrected chi connectivity index (χ1v) is 10.1. The average molecular weight is 396 g/mol. The number of hydrogen-bond acceptors (Lipinski definition) is 4. The molecule has 6 heteroatoms. The fourth-order valence-corrected chi connectivity index (χ4v) is 2.68. The van der Waals surface area contributed by atoms with Crippen molar-refractivity contribution in [1.29, 1.82) is 0 Å². The van der Waals surface area contributed by atoms with E-state index < -0.39 is 0 Å². The third kappa shape index (κ3) is 8.17. The second-order valence-electron chi connectivity index (χ2n) is 6.57. The van der Waals surface area contributed by atoms with Crippen LogP contribution < -0.4 is 15.5 Å². The summed E-state index contributed by atoms with van der Waals surface area (Å²) in [6, 6.07) is 16.9. The van der Waals surface area contributed by atoms with Gasteiger partial charge in [-0.25, -0.2) is 5.43 Å². The number of anilines is 1. The van der Waals surface area contributed by atoms with Crippen molar-refractivity contribution in [1.82, 2.24) is 5.43 Å².